The summed E-state index contributed by atoms with van der Waals surface area (Å²) in [6.07, 6.45) is 33.5. The summed E-state index contributed by atoms with van der Waals surface area (Å²) in [5, 5.41) is 0. The smallest absolute Gasteiger partial charge is 0.305 e. The van der Waals surface area contributed by atoms with E-state index in [-0.39, 0.29) is 18.0 Å². The van der Waals surface area contributed by atoms with Crippen LogP contribution in [0, 0.1) is 11.8 Å². The third-order valence-electron chi connectivity index (χ3n) is 11.9. The molecule has 0 bridgehead atoms. The molecule has 0 saturated heterocycles. The maximum atomic E-state index is 12.4. The van der Waals surface area contributed by atoms with E-state index in [1.54, 1.807) is 0 Å². The molecule has 0 aliphatic carbocycles. The molecule has 0 heterocycles. The number of carbonyl (C=O) groups is 2. The Morgan fingerprint density at radius 2 is 0.698 bits per heavy atom. The number of rotatable bonds is 53. The normalized spacial score (nSPS) is 12.2. The first-order chi connectivity index (χ1) is 31.0. The quantitative estimate of drug-likeness (QED) is 0.0432. The van der Waals surface area contributed by atoms with Gasteiger partial charge in [0, 0.05) is 32.7 Å². The molecule has 0 aromatic rings. The van der Waals surface area contributed by atoms with E-state index in [1.807, 2.05) is 6.92 Å². The Morgan fingerprint density at radius 3 is 1.13 bits per heavy atom. The average molecular weight is 901 g/mol. The van der Waals surface area contributed by atoms with Crippen molar-refractivity contribution in [3.05, 3.63) is 0 Å². The van der Waals surface area contributed by atoms with Crippen LogP contribution >= 0.6 is 0 Å². The van der Waals surface area contributed by atoms with E-state index < -0.39 is 0 Å². The molecule has 376 valence electrons. The van der Waals surface area contributed by atoms with Gasteiger partial charge in [-0.3, -0.25) is 9.59 Å². The Bertz CT molecular complexity index is 900. The average Bonchev–Trinajstić information content (AvgIpc) is 3.28. The van der Waals surface area contributed by atoms with E-state index in [1.165, 1.54) is 103 Å². The van der Waals surface area contributed by atoms with E-state index >= 15 is 0 Å². The fraction of sp³-hybridized carbons (Fsp3) is 0.962. The van der Waals surface area contributed by atoms with Crippen molar-refractivity contribution in [2.24, 2.45) is 11.8 Å². The highest BCUT2D eigenvalue weighted by Crippen LogP contribution is 2.22. The Morgan fingerprint density at radius 1 is 0.333 bits per heavy atom. The van der Waals surface area contributed by atoms with Gasteiger partial charge in [-0.15, -0.1) is 0 Å². The first kappa shape index (κ1) is 61.7. The van der Waals surface area contributed by atoms with Gasteiger partial charge in [-0.05, 0) is 57.3 Å². The second-order valence-corrected chi connectivity index (χ2v) is 17.8. The van der Waals surface area contributed by atoms with Crippen LogP contribution in [0.2, 0.25) is 0 Å². The molecule has 10 nitrogen and oxygen atoms in total. The lowest BCUT2D eigenvalue weighted by atomic mass is 9.92. The summed E-state index contributed by atoms with van der Waals surface area (Å²) < 4.78 is 45.9. The van der Waals surface area contributed by atoms with Gasteiger partial charge in [0.1, 0.15) is 6.10 Å². The molecule has 10 heteroatoms. The van der Waals surface area contributed by atoms with Crippen molar-refractivity contribution in [1.82, 2.24) is 0 Å². The van der Waals surface area contributed by atoms with Crippen molar-refractivity contribution in [3.8, 4) is 0 Å². The number of unbranched alkanes of at least 4 members (excludes halogenated alkanes) is 16. The molecule has 0 saturated carbocycles. The van der Waals surface area contributed by atoms with Gasteiger partial charge in [-0.1, -0.05) is 169 Å². The van der Waals surface area contributed by atoms with Crippen LogP contribution in [0.5, 0.6) is 0 Å². The van der Waals surface area contributed by atoms with Gasteiger partial charge in [0.25, 0.3) is 0 Å². The first-order valence-corrected chi connectivity index (χ1v) is 26.8. The molecule has 0 amide bonds. The molecule has 0 spiro atoms. The molecule has 0 N–H and O–H groups in total. The minimum Gasteiger partial charge on any atom is -0.466 e. The van der Waals surface area contributed by atoms with Gasteiger partial charge in [0.2, 0.25) is 0 Å². The van der Waals surface area contributed by atoms with Gasteiger partial charge in [0.05, 0.1) is 66.1 Å². The van der Waals surface area contributed by atoms with Crippen LogP contribution in [0.3, 0.4) is 0 Å². The van der Waals surface area contributed by atoms with Crippen LogP contribution in [0.1, 0.15) is 227 Å². The van der Waals surface area contributed by atoms with Crippen LogP contribution in [-0.4, -0.2) is 104 Å². The second kappa shape index (κ2) is 51.7. The SMILES string of the molecule is CCCCCC(CCCCC)CCOC(=O)CCCCCCCOCC(COCCOCCOCCOCC)OCCCCCCCC(=O)OCCC(CCCCC)CCCCC. The molecule has 0 fully saturated rings. The summed E-state index contributed by atoms with van der Waals surface area (Å²) >= 11 is 0. The molecular formula is C53H104O10. The number of hydrogen-bond acceptors (Lipinski definition) is 10. The maximum Gasteiger partial charge on any atom is 0.305 e. The number of carbonyl (C=O) groups excluding carboxylic acids is 2. The molecule has 0 aliphatic heterocycles. The zero-order chi connectivity index (χ0) is 45.9. The standard InChI is InChI=1S/C53H104O10/c1-6-11-21-29-49(30-22-12-7-2)35-39-62-52(54)33-25-17-15-19-27-37-59-47-51(48-60-46-45-58-44-43-57-42-41-56-10-5)61-38-28-20-16-18-26-34-53(55)63-40-36-50(31-23-13-8-3)32-24-14-9-4/h49-51H,6-48H2,1-5H3. The molecule has 1 unspecified atom stereocenters. The van der Waals surface area contributed by atoms with Crippen LogP contribution in [0.4, 0.5) is 0 Å². The minimum atomic E-state index is -0.131. The van der Waals surface area contributed by atoms with Gasteiger partial charge in [-0.25, -0.2) is 0 Å². The zero-order valence-corrected chi connectivity index (χ0v) is 42.2. The topological polar surface area (TPSA) is 108 Å². The van der Waals surface area contributed by atoms with E-state index in [4.69, 9.17) is 37.9 Å². The summed E-state index contributed by atoms with van der Waals surface area (Å²) in [4.78, 5) is 24.7. The number of esters is 2. The van der Waals surface area contributed by atoms with E-state index in [9.17, 15) is 9.59 Å². The van der Waals surface area contributed by atoms with E-state index in [2.05, 4.69) is 27.7 Å². The Balaban J connectivity index is 4.31. The van der Waals surface area contributed by atoms with Gasteiger partial charge in [-0.2, -0.15) is 0 Å². The molecule has 1 atom stereocenters. The van der Waals surface area contributed by atoms with Crippen LogP contribution in [0.15, 0.2) is 0 Å². The fourth-order valence-corrected chi connectivity index (χ4v) is 7.85. The lowest BCUT2D eigenvalue weighted by Crippen LogP contribution is -2.27. The van der Waals surface area contributed by atoms with Gasteiger partial charge in [0.15, 0.2) is 0 Å². The van der Waals surface area contributed by atoms with Crippen LogP contribution in [0.25, 0.3) is 0 Å². The van der Waals surface area contributed by atoms with Crippen molar-refractivity contribution in [2.45, 2.75) is 233 Å². The molecular weight excluding hydrogens is 797 g/mol. The van der Waals surface area contributed by atoms with Gasteiger partial charge < -0.3 is 37.9 Å². The highest BCUT2D eigenvalue weighted by atomic mass is 16.6. The molecule has 63 heavy (non-hydrogen) atoms. The first-order valence-electron chi connectivity index (χ1n) is 26.8. The van der Waals surface area contributed by atoms with Gasteiger partial charge >= 0.3 is 11.9 Å². The summed E-state index contributed by atoms with van der Waals surface area (Å²) in [6, 6.07) is 0. The Kier molecular flexibility index (Phi) is 50.6. The van der Waals surface area contributed by atoms with Crippen LogP contribution in [-0.2, 0) is 47.5 Å². The zero-order valence-electron chi connectivity index (χ0n) is 42.2. The molecule has 0 radical (unpaired) electrons. The van der Waals surface area contributed by atoms with Crippen LogP contribution < -0.4 is 0 Å². The predicted octanol–water partition coefficient (Wildman–Crippen LogP) is 13.6. The van der Waals surface area contributed by atoms with Crippen molar-refractivity contribution in [1.29, 1.82) is 0 Å². The maximum absolute atomic E-state index is 12.4. The predicted molar refractivity (Wildman–Crippen MR) is 260 cm³/mol. The third-order valence-corrected chi connectivity index (χ3v) is 11.9. The number of ether oxygens (including phenoxy) is 8. The summed E-state index contributed by atoms with van der Waals surface area (Å²) in [5.74, 6) is 1.30. The van der Waals surface area contributed by atoms with Crippen molar-refractivity contribution >= 4 is 11.9 Å². The molecule has 0 aromatic carbocycles. The summed E-state index contributed by atoms with van der Waals surface area (Å²) in [6.45, 7) is 18.4. The molecule has 0 aromatic heterocycles. The largest absolute Gasteiger partial charge is 0.466 e. The summed E-state index contributed by atoms with van der Waals surface area (Å²) in [5.41, 5.74) is 0. The fourth-order valence-electron chi connectivity index (χ4n) is 7.85. The van der Waals surface area contributed by atoms with Crippen molar-refractivity contribution in [3.63, 3.8) is 0 Å². The number of hydrogen-bond donors (Lipinski definition) is 0. The Hall–Kier alpha value is -1.30. The lowest BCUT2D eigenvalue weighted by Gasteiger charge is -2.18. The highest BCUT2D eigenvalue weighted by molar-refractivity contribution is 5.69. The Labute approximate surface area is 389 Å². The molecule has 0 rings (SSSR count). The third kappa shape index (κ3) is 47.0. The summed E-state index contributed by atoms with van der Waals surface area (Å²) in [7, 11) is 0. The van der Waals surface area contributed by atoms with Crippen molar-refractivity contribution in [2.75, 3.05) is 85.9 Å². The lowest BCUT2D eigenvalue weighted by molar-refractivity contribution is -0.145. The van der Waals surface area contributed by atoms with Crippen molar-refractivity contribution < 1.29 is 47.5 Å². The highest BCUT2D eigenvalue weighted by Gasteiger charge is 2.13. The monoisotopic (exact) mass is 901 g/mol. The second-order valence-electron chi connectivity index (χ2n) is 17.8. The molecule has 0 aliphatic rings. The van der Waals surface area contributed by atoms with E-state index in [0.717, 1.165) is 77.0 Å². The van der Waals surface area contributed by atoms with E-state index in [0.29, 0.717) is 111 Å². The minimum absolute atomic E-state index is 0.0387.